The van der Waals surface area contributed by atoms with Crippen LogP contribution < -0.4 is 5.63 Å². The van der Waals surface area contributed by atoms with Gasteiger partial charge in [-0.3, -0.25) is 4.79 Å². The number of rotatable bonds is 4. The van der Waals surface area contributed by atoms with E-state index in [2.05, 4.69) is 4.42 Å². The van der Waals surface area contributed by atoms with E-state index in [1.54, 1.807) is 4.90 Å². The minimum absolute atomic E-state index is 0.0565. The van der Waals surface area contributed by atoms with Crippen molar-refractivity contribution in [3.05, 3.63) is 34.4 Å². The number of aliphatic hydroxyl groups excluding tert-OH is 1. The van der Waals surface area contributed by atoms with E-state index in [0.717, 1.165) is 19.3 Å². The number of nitrogens with zero attached hydrogens (tertiary/aromatic N) is 1. The summed E-state index contributed by atoms with van der Waals surface area (Å²) >= 11 is 0. The number of hydrogen-bond acceptors (Lipinski definition) is 4. The number of carbonyl (C=O) groups is 1. The molecule has 5 heteroatoms. The van der Waals surface area contributed by atoms with Gasteiger partial charge in [0.25, 0.3) is 5.91 Å². The number of aliphatic hydroxyl groups is 1. The van der Waals surface area contributed by atoms with Crippen LogP contribution in [-0.4, -0.2) is 35.1 Å². The Kier molecular flexibility index (Phi) is 3.58. The van der Waals surface area contributed by atoms with E-state index in [9.17, 15) is 9.59 Å². The molecule has 5 nitrogen and oxygen atoms in total. The average molecular weight is 237 g/mol. The Morgan fingerprint density at radius 3 is 2.71 bits per heavy atom. The molecule has 0 atom stereocenters. The topological polar surface area (TPSA) is 70.8 Å². The zero-order valence-electron chi connectivity index (χ0n) is 9.46. The lowest BCUT2D eigenvalue weighted by Crippen LogP contribution is -2.45. The Labute approximate surface area is 98.7 Å². The lowest BCUT2D eigenvalue weighted by molar-refractivity contribution is 0.0523. The standard InChI is InChI=1S/C12H15NO4/c14-7-6-13(10-2-1-3-10)12(16)9-4-5-11(15)17-8-9/h4-5,8,10,14H,1-3,6-7H2. The maximum Gasteiger partial charge on any atom is 0.335 e. The maximum atomic E-state index is 12.1. The normalized spacial score (nSPS) is 15.4. The molecule has 0 saturated heterocycles. The first-order chi connectivity index (χ1) is 8.22. The molecule has 17 heavy (non-hydrogen) atoms. The molecule has 1 amide bonds. The minimum atomic E-state index is -0.473. The van der Waals surface area contributed by atoms with Gasteiger partial charge in [-0.25, -0.2) is 4.79 Å². The molecule has 0 spiro atoms. The van der Waals surface area contributed by atoms with Crippen molar-refractivity contribution in [2.75, 3.05) is 13.2 Å². The molecule has 1 N–H and O–H groups in total. The fourth-order valence-electron chi connectivity index (χ4n) is 1.90. The quantitative estimate of drug-likeness (QED) is 0.833. The van der Waals surface area contributed by atoms with Crippen LogP contribution in [-0.2, 0) is 0 Å². The third-order valence-electron chi connectivity index (χ3n) is 3.07. The predicted molar refractivity (Wildman–Crippen MR) is 60.7 cm³/mol. The summed E-state index contributed by atoms with van der Waals surface area (Å²) in [5.74, 6) is -0.187. The van der Waals surface area contributed by atoms with E-state index in [1.165, 1.54) is 18.4 Å². The number of hydrogen-bond donors (Lipinski definition) is 1. The lowest BCUT2D eigenvalue weighted by atomic mass is 9.91. The molecule has 1 aromatic heterocycles. The highest BCUT2D eigenvalue weighted by atomic mass is 16.4. The summed E-state index contributed by atoms with van der Waals surface area (Å²) in [4.78, 5) is 24.6. The summed E-state index contributed by atoms with van der Waals surface area (Å²) < 4.78 is 4.67. The van der Waals surface area contributed by atoms with Crippen molar-refractivity contribution in [3.63, 3.8) is 0 Å². The third kappa shape index (κ3) is 2.55. The van der Waals surface area contributed by atoms with Crippen molar-refractivity contribution in [2.45, 2.75) is 25.3 Å². The van der Waals surface area contributed by atoms with Gasteiger partial charge in [0.05, 0.1) is 12.2 Å². The zero-order valence-corrected chi connectivity index (χ0v) is 9.46. The molecule has 2 rings (SSSR count). The molecule has 1 heterocycles. The van der Waals surface area contributed by atoms with Crippen LogP contribution in [0.2, 0.25) is 0 Å². The highest BCUT2D eigenvalue weighted by Crippen LogP contribution is 2.25. The van der Waals surface area contributed by atoms with Gasteiger partial charge < -0.3 is 14.4 Å². The summed E-state index contributed by atoms with van der Waals surface area (Å²) in [6, 6.07) is 2.89. The van der Waals surface area contributed by atoms with Crippen LogP contribution in [0.15, 0.2) is 27.6 Å². The van der Waals surface area contributed by atoms with E-state index < -0.39 is 5.63 Å². The van der Waals surface area contributed by atoms with Crippen molar-refractivity contribution in [2.24, 2.45) is 0 Å². The summed E-state index contributed by atoms with van der Waals surface area (Å²) in [5, 5.41) is 8.98. The van der Waals surface area contributed by atoms with E-state index in [1.807, 2.05) is 0 Å². The Morgan fingerprint density at radius 2 is 2.24 bits per heavy atom. The average Bonchev–Trinajstić information content (AvgIpc) is 2.26. The van der Waals surface area contributed by atoms with Gasteiger partial charge >= 0.3 is 5.63 Å². The highest BCUT2D eigenvalue weighted by molar-refractivity contribution is 5.94. The molecule has 0 bridgehead atoms. The molecule has 0 unspecified atom stereocenters. The summed E-state index contributed by atoms with van der Waals surface area (Å²) in [6.45, 7) is 0.266. The smallest absolute Gasteiger partial charge is 0.335 e. The number of amides is 1. The largest absolute Gasteiger partial charge is 0.430 e. The van der Waals surface area contributed by atoms with Gasteiger partial charge in [-0.2, -0.15) is 0 Å². The molecule has 1 fully saturated rings. The second-order valence-electron chi connectivity index (χ2n) is 4.15. The maximum absolute atomic E-state index is 12.1. The van der Waals surface area contributed by atoms with E-state index in [0.29, 0.717) is 12.1 Å². The summed E-state index contributed by atoms with van der Waals surface area (Å²) in [5.41, 5.74) is -0.121. The third-order valence-corrected chi connectivity index (χ3v) is 3.07. The Bertz CT molecular complexity index is 430. The zero-order chi connectivity index (χ0) is 12.3. The minimum Gasteiger partial charge on any atom is -0.430 e. The van der Waals surface area contributed by atoms with Gasteiger partial charge in [-0.05, 0) is 25.3 Å². The van der Waals surface area contributed by atoms with Crippen molar-refractivity contribution < 1.29 is 14.3 Å². The van der Waals surface area contributed by atoms with Crippen LogP contribution in [0.3, 0.4) is 0 Å². The molecular weight excluding hydrogens is 222 g/mol. The molecular formula is C12H15NO4. The second-order valence-corrected chi connectivity index (χ2v) is 4.15. The molecule has 0 aromatic carbocycles. The van der Waals surface area contributed by atoms with Crippen molar-refractivity contribution in [1.29, 1.82) is 0 Å². The van der Waals surface area contributed by atoms with Gasteiger partial charge in [-0.15, -0.1) is 0 Å². The first-order valence-corrected chi connectivity index (χ1v) is 5.73. The SMILES string of the molecule is O=C(c1ccc(=O)oc1)N(CCO)C1CCC1. The molecule has 1 saturated carbocycles. The Morgan fingerprint density at radius 1 is 1.47 bits per heavy atom. The molecule has 0 aliphatic heterocycles. The van der Waals surface area contributed by atoms with Gasteiger partial charge in [-0.1, -0.05) is 0 Å². The number of carbonyl (C=O) groups excluding carboxylic acids is 1. The fraction of sp³-hybridized carbons (Fsp3) is 0.500. The second kappa shape index (κ2) is 5.14. The molecule has 1 aliphatic carbocycles. The van der Waals surface area contributed by atoms with Gasteiger partial charge in [0, 0.05) is 18.7 Å². The van der Waals surface area contributed by atoms with Crippen LogP contribution in [0.1, 0.15) is 29.6 Å². The first kappa shape index (κ1) is 11.9. The first-order valence-electron chi connectivity index (χ1n) is 5.73. The van der Waals surface area contributed by atoms with Crippen LogP contribution in [0.4, 0.5) is 0 Å². The van der Waals surface area contributed by atoms with Crippen LogP contribution in [0.25, 0.3) is 0 Å². The molecule has 92 valence electrons. The molecule has 1 aromatic rings. The summed E-state index contributed by atoms with van der Waals surface area (Å²) in [6.07, 6.45) is 4.24. The van der Waals surface area contributed by atoms with Crippen molar-refractivity contribution in [3.8, 4) is 0 Å². The van der Waals surface area contributed by atoms with Crippen LogP contribution in [0, 0.1) is 0 Å². The monoisotopic (exact) mass is 237 g/mol. The molecule has 1 aliphatic rings. The van der Waals surface area contributed by atoms with E-state index >= 15 is 0 Å². The Hall–Kier alpha value is -1.62. The Balaban J connectivity index is 2.14. The van der Waals surface area contributed by atoms with E-state index in [4.69, 9.17) is 5.11 Å². The van der Waals surface area contributed by atoms with Gasteiger partial charge in [0.15, 0.2) is 0 Å². The summed E-state index contributed by atoms with van der Waals surface area (Å²) in [7, 11) is 0. The van der Waals surface area contributed by atoms with Gasteiger partial charge in [0.1, 0.15) is 6.26 Å². The fourth-order valence-corrected chi connectivity index (χ4v) is 1.90. The highest BCUT2D eigenvalue weighted by Gasteiger charge is 2.29. The van der Waals surface area contributed by atoms with E-state index in [-0.39, 0.29) is 18.6 Å². The van der Waals surface area contributed by atoms with Crippen molar-refractivity contribution >= 4 is 5.91 Å². The van der Waals surface area contributed by atoms with Gasteiger partial charge in [0.2, 0.25) is 0 Å². The van der Waals surface area contributed by atoms with Crippen molar-refractivity contribution in [1.82, 2.24) is 4.90 Å². The molecule has 0 radical (unpaired) electrons. The predicted octanol–water partition coefficient (Wildman–Crippen LogP) is 0.627. The van der Waals surface area contributed by atoms with Crippen LogP contribution >= 0.6 is 0 Å². The lowest BCUT2D eigenvalue weighted by Gasteiger charge is -2.37. The van der Waals surface area contributed by atoms with Crippen LogP contribution in [0.5, 0.6) is 0 Å².